The fourth-order valence-corrected chi connectivity index (χ4v) is 4.33. The van der Waals surface area contributed by atoms with Gasteiger partial charge in [0.2, 0.25) is 5.89 Å². The second kappa shape index (κ2) is 9.11. The van der Waals surface area contributed by atoms with Gasteiger partial charge < -0.3 is 9.15 Å². The average molecular weight is 464 g/mol. The predicted octanol–water partition coefficient (Wildman–Crippen LogP) is 6.10. The molecule has 5 nitrogen and oxygen atoms in total. The number of benzene rings is 2. The van der Waals surface area contributed by atoms with Crippen molar-refractivity contribution in [3.05, 3.63) is 76.6 Å². The molecule has 160 valence electrons. The molecule has 0 fully saturated rings. The molecule has 0 N–H and O–H groups in total. The largest absolute Gasteiger partial charge is 0.497 e. The minimum Gasteiger partial charge on any atom is -0.497 e. The summed E-state index contributed by atoms with van der Waals surface area (Å²) in [5.74, 6) is 1.81. The number of halogens is 3. The van der Waals surface area contributed by atoms with Gasteiger partial charge in [0.25, 0.3) is 5.22 Å². The Hall–Kier alpha value is -2.85. The number of hydrogen-bond acceptors (Lipinski definition) is 7. The zero-order valence-electron chi connectivity index (χ0n) is 16.2. The van der Waals surface area contributed by atoms with E-state index in [0.717, 1.165) is 29.1 Å². The Bertz CT molecular complexity index is 1140. The van der Waals surface area contributed by atoms with Crippen molar-refractivity contribution < 1.29 is 22.3 Å². The third-order valence-electron chi connectivity index (χ3n) is 4.32. The average Bonchev–Trinajstić information content (AvgIpc) is 3.42. The van der Waals surface area contributed by atoms with Crippen molar-refractivity contribution in [1.29, 1.82) is 0 Å². The summed E-state index contributed by atoms with van der Waals surface area (Å²) < 4.78 is 48.9. The molecule has 4 rings (SSSR count). The van der Waals surface area contributed by atoms with Gasteiger partial charge in [-0.15, -0.1) is 21.5 Å². The van der Waals surface area contributed by atoms with E-state index in [1.165, 1.54) is 35.2 Å². The molecule has 10 heteroatoms. The number of thioether (sulfide) groups is 1. The highest BCUT2D eigenvalue weighted by atomic mass is 32.2. The number of rotatable bonds is 7. The van der Waals surface area contributed by atoms with E-state index in [0.29, 0.717) is 33.9 Å². The molecule has 0 saturated heterocycles. The van der Waals surface area contributed by atoms with E-state index in [1.54, 1.807) is 7.11 Å². The molecule has 0 amide bonds. The standard InChI is InChI=1S/C21H16F3N3O2S2/c1-28-17-8-2-13(3-9-17)10-18-26-27-20(29-18)31-12-16-11-30-19(25-16)14-4-6-15(7-5-14)21(22,23)24/h2-9,11H,10,12H2,1H3. The van der Waals surface area contributed by atoms with Crippen LogP contribution >= 0.6 is 23.1 Å². The van der Waals surface area contributed by atoms with Gasteiger partial charge in [0.15, 0.2) is 0 Å². The van der Waals surface area contributed by atoms with Crippen LogP contribution in [0.1, 0.15) is 22.7 Å². The molecule has 0 saturated carbocycles. The molecule has 2 aromatic carbocycles. The highest BCUT2D eigenvalue weighted by Crippen LogP contribution is 2.32. The Morgan fingerprint density at radius 3 is 2.45 bits per heavy atom. The van der Waals surface area contributed by atoms with Crippen LogP contribution in [0.3, 0.4) is 0 Å². The van der Waals surface area contributed by atoms with Crippen LogP contribution in [-0.2, 0) is 18.3 Å². The Kier molecular flexibility index (Phi) is 6.28. The maximum Gasteiger partial charge on any atom is 0.416 e. The Morgan fingerprint density at radius 1 is 1.03 bits per heavy atom. The van der Waals surface area contributed by atoms with Gasteiger partial charge in [-0.3, -0.25) is 0 Å². The van der Waals surface area contributed by atoms with Gasteiger partial charge in [-0.2, -0.15) is 13.2 Å². The monoisotopic (exact) mass is 463 g/mol. The van der Waals surface area contributed by atoms with E-state index in [2.05, 4.69) is 15.2 Å². The van der Waals surface area contributed by atoms with Crippen molar-refractivity contribution >= 4 is 23.1 Å². The summed E-state index contributed by atoms with van der Waals surface area (Å²) in [5, 5.41) is 11.1. The number of thiazole rings is 1. The first-order valence-corrected chi connectivity index (χ1v) is 11.0. The van der Waals surface area contributed by atoms with Gasteiger partial charge in [-0.1, -0.05) is 36.0 Å². The number of nitrogens with zero attached hydrogens (tertiary/aromatic N) is 3. The van der Waals surface area contributed by atoms with Crippen LogP contribution in [0, 0.1) is 0 Å². The number of ether oxygens (including phenoxy) is 1. The number of aromatic nitrogens is 3. The fraction of sp³-hybridized carbons (Fsp3) is 0.190. The van der Waals surface area contributed by atoms with Crippen LogP contribution in [0.2, 0.25) is 0 Å². The van der Waals surface area contributed by atoms with E-state index in [9.17, 15) is 13.2 Å². The van der Waals surface area contributed by atoms with Gasteiger partial charge >= 0.3 is 6.18 Å². The molecule has 31 heavy (non-hydrogen) atoms. The molecule has 0 aliphatic rings. The van der Waals surface area contributed by atoms with Crippen molar-refractivity contribution in [3.8, 4) is 16.3 Å². The first-order chi connectivity index (χ1) is 14.9. The highest BCUT2D eigenvalue weighted by molar-refractivity contribution is 7.98. The molecular formula is C21H16F3N3O2S2. The Balaban J connectivity index is 1.34. The van der Waals surface area contributed by atoms with Crippen molar-refractivity contribution in [2.75, 3.05) is 7.11 Å². The summed E-state index contributed by atoms with van der Waals surface area (Å²) in [5.41, 5.74) is 1.79. The number of methoxy groups -OCH3 is 1. The van der Waals surface area contributed by atoms with E-state index >= 15 is 0 Å². The second-order valence-electron chi connectivity index (χ2n) is 6.49. The quantitative estimate of drug-likeness (QED) is 0.309. The molecule has 2 heterocycles. The van der Waals surface area contributed by atoms with Gasteiger partial charge in [-0.25, -0.2) is 4.98 Å². The SMILES string of the molecule is COc1ccc(Cc2nnc(SCc3csc(-c4ccc(C(F)(F)F)cc4)n3)o2)cc1. The molecule has 0 atom stereocenters. The Labute approximate surface area is 184 Å². The lowest BCUT2D eigenvalue weighted by Crippen LogP contribution is -2.03. The van der Waals surface area contributed by atoms with Crippen LogP contribution < -0.4 is 4.74 Å². The first-order valence-electron chi connectivity index (χ1n) is 9.11. The van der Waals surface area contributed by atoms with Crippen molar-refractivity contribution in [3.63, 3.8) is 0 Å². The molecule has 0 radical (unpaired) electrons. The summed E-state index contributed by atoms with van der Waals surface area (Å²) >= 11 is 2.74. The van der Waals surface area contributed by atoms with Gasteiger partial charge in [0, 0.05) is 16.7 Å². The van der Waals surface area contributed by atoms with Crippen molar-refractivity contribution in [1.82, 2.24) is 15.2 Å². The topological polar surface area (TPSA) is 61.0 Å². The van der Waals surface area contributed by atoms with Gasteiger partial charge in [0.05, 0.1) is 24.8 Å². The maximum absolute atomic E-state index is 12.7. The normalized spacial score (nSPS) is 11.6. The minimum atomic E-state index is -4.35. The van der Waals surface area contributed by atoms with Crippen LogP contribution in [0.4, 0.5) is 13.2 Å². The summed E-state index contributed by atoms with van der Waals surface area (Å²) in [4.78, 5) is 4.49. The molecular weight excluding hydrogens is 447 g/mol. The van der Waals surface area contributed by atoms with Crippen LogP contribution in [0.5, 0.6) is 5.75 Å². The van der Waals surface area contributed by atoms with E-state index < -0.39 is 11.7 Å². The molecule has 0 aliphatic carbocycles. The molecule has 2 aromatic heterocycles. The van der Waals surface area contributed by atoms with Crippen LogP contribution in [0.15, 0.2) is 63.6 Å². The molecule has 0 aliphatic heterocycles. The van der Waals surface area contributed by atoms with Crippen molar-refractivity contribution in [2.45, 2.75) is 23.6 Å². The third-order valence-corrected chi connectivity index (χ3v) is 6.11. The van der Waals surface area contributed by atoms with Crippen LogP contribution in [0.25, 0.3) is 10.6 Å². The minimum absolute atomic E-state index is 0.438. The predicted molar refractivity (Wildman–Crippen MR) is 112 cm³/mol. The van der Waals surface area contributed by atoms with E-state index in [-0.39, 0.29) is 0 Å². The van der Waals surface area contributed by atoms with Crippen molar-refractivity contribution in [2.24, 2.45) is 0 Å². The highest BCUT2D eigenvalue weighted by Gasteiger charge is 2.30. The van der Waals surface area contributed by atoms with Gasteiger partial charge in [-0.05, 0) is 29.8 Å². The van der Waals surface area contributed by atoms with E-state index in [4.69, 9.17) is 9.15 Å². The van der Waals surface area contributed by atoms with Crippen LogP contribution in [-0.4, -0.2) is 22.3 Å². The molecule has 0 spiro atoms. The van der Waals surface area contributed by atoms with Gasteiger partial charge in [0.1, 0.15) is 10.8 Å². The molecule has 0 unspecified atom stereocenters. The summed E-state index contributed by atoms with van der Waals surface area (Å²) in [6, 6.07) is 12.6. The summed E-state index contributed by atoms with van der Waals surface area (Å²) in [6.07, 6.45) is -3.83. The maximum atomic E-state index is 12.7. The lowest BCUT2D eigenvalue weighted by molar-refractivity contribution is -0.137. The first kappa shape index (κ1) is 21.4. The third kappa shape index (κ3) is 5.45. The smallest absolute Gasteiger partial charge is 0.416 e. The molecule has 4 aromatic rings. The zero-order chi connectivity index (χ0) is 21.8. The number of alkyl halides is 3. The Morgan fingerprint density at radius 2 is 1.77 bits per heavy atom. The zero-order valence-corrected chi connectivity index (χ0v) is 17.9. The lowest BCUT2D eigenvalue weighted by Gasteiger charge is -2.06. The molecule has 0 bridgehead atoms. The van der Waals surface area contributed by atoms with E-state index in [1.807, 2.05) is 29.6 Å². The summed E-state index contributed by atoms with van der Waals surface area (Å²) in [7, 11) is 1.62. The summed E-state index contributed by atoms with van der Waals surface area (Å²) in [6.45, 7) is 0. The lowest BCUT2D eigenvalue weighted by atomic mass is 10.1. The number of hydrogen-bond donors (Lipinski definition) is 0. The fourth-order valence-electron chi connectivity index (χ4n) is 2.73. The second-order valence-corrected chi connectivity index (χ2v) is 8.28.